The fourth-order valence-corrected chi connectivity index (χ4v) is 5.58. The standard InChI is InChI=1S/C31H39N3O4S/c1-5-32-31(36)29(22-26-13-7-6-8-14-26)33(23-27-19-17-24(2)18-20-27)30(35)16-11-21-34(39(4,37)38)28-15-10-9-12-25(28)3/h6-10,12-15,17-20,29H,5,11,16,21-23H2,1-4H3,(H,32,36)/t29-/m0/s1. The van der Waals surface area contributed by atoms with Crippen molar-refractivity contribution in [1.82, 2.24) is 10.2 Å². The smallest absolute Gasteiger partial charge is 0.243 e. The lowest BCUT2D eigenvalue weighted by molar-refractivity contribution is -0.141. The molecule has 39 heavy (non-hydrogen) atoms. The van der Waals surface area contributed by atoms with Gasteiger partial charge < -0.3 is 10.2 Å². The fraction of sp³-hybridized carbons (Fsp3) is 0.355. The van der Waals surface area contributed by atoms with Gasteiger partial charge in [0, 0.05) is 32.5 Å². The van der Waals surface area contributed by atoms with E-state index in [1.165, 1.54) is 10.6 Å². The number of likely N-dealkylation sites (N-methyl/N-ethyl adjacent to an activating group) is 1. The number of anilines is 1. The van der Waals surface area contributed by atoms with Crippen LogP contribution in [-0.4, -0.2) is 50.5 Å². The molecule has 0 aromatic heterocycles. The zero-order valence-electron chi connectivity index (χ0n) is 23.3. The third kappa shape index (κ3) is 8.68. The zero-order chi connectivity index (χ0) is 28.4. The summed E-state index contributed by atoms with van der Waals surface area (Å²) in [6.45, 7) is 6.62. The van der Waals surface area contributed by atoms with Gasteiger partial charge in [-0.3, -0.25) is 13.9 Å². The first-order valence-electron chi connectivity index (χ1n) is 13.3. The number of amides is 2. The number of nitrogens with one attached hydrogen (secondary N) is 1. The summed E-state index contributed by atoms with van der Waals surface area (Å²) in [5.41, 5.74) is 4.44. The van der Waals surface area contributed by atoms with E-state index in [9.17, 15) is 18.0 Å². The van der Waals surface area contributed by atoms with E-state index >= 15 is 0 Å². The second-order valence-electron chi connectivity index (χ2n) is 9.83. The van der Waals surface area contributed by atoms with Gasteiger partial charge in [0.1, 0.15) is 6.04 Å². The molecular weight excluding hydrogens is 510 g/mol. The van der Waals surface area contributed by atoms with E-state index in [2.05, 4.69) is 5.32 Å². The van der Waals surface area contributed by atoms with Gasteiger partial charge in [0.05, 0.1) is 11.9 Å². The minimum absolute atomic E-state index is 0.106. The van der Waals surface area contributed by atoms with Crippen LogP contribution in [0, 0.1) is 13.8 Å². The molecule has 0 aliphatic rings. The molecule has 1 atom stereocenters. The molecule has 0 aliphatic heterocycles. The van der Waals surface area contributed by atoms with Crippen molar-refractivity contribution in [1.29, 1.82) is 0 Å². The summed E-state index contributed by atoms with van der Waals surface area (Å²) in [6, 6.07) is 24.2. The Morgan fingerprint density at radius 2 is 1.51 bits per heavy atom. The molecule has 3 aromatic carbocycles. The molecular formula is C31H39N3O4S. The molecule has 0 bridgehead atoms. The average Bonchev–Trinajstić information content (AvgIpc) is 2.90. The van der Waals surface area contributed by atoms with Gasteiger partial charge in [-0.05, 0) is 49.9 Å². The molecule has 7 nitrogen and oxygen atoms in total. The van der Waals surface area contributed by atoms with Crippen molar-refractivity contribution in [2.24, 2.45) is 0 Å². The lowest BCUT2D eigenvalue weighted by atomic mass is 10.0. The molecule has 3 aromatic rings. The number of rotatable bonds is 13. The topological polar surface area (TPSA) is 86.8 Å². The van der Waals surface area contributed by atoms with Crippen LogP contribution in [-0.2, 0) is 32.6 Å². The van der Waals surface area contributed by atoms with Crippen LogP contribution in [0.1, 0.15) is 42.0 Å². The van der Waals surface area contributed by atoms with Crippen molar-refractivity contribution in [3.05, 3.63) is 101 Å². The molecule has 0 radical (unpaired) electrons. The largest absolute Gasteiger partial charge is 0.355 e. The summed E-state index contributed by atoms with van der Waals surface area (Å²) in [6.07, 6.45) is 1.98. The van der Waals surface area contributed by atoms with Crippen molar-refractivity contribution < 1.29 is 18.0 Å². The van der Waals surface area contributed by atoms with Crippen LogP contribution in [0.15, 0.2) is 78.9 Å². The van der Waals surface area contributed by atoms with Crippen molar-refractivity contribution in [2.45, 2.75) is 52.6 Å². The first kappa shape index (κ1) is 29.9. The molecule has 1 N–H and O–H groups in total. The predicted octanol–water partition coefficient (Wildman–Crippen LogP) is 4.63. The highest BCUT2D eigenvalue weighted by Crippen LogP contribution is 2.23. The Kier molecular flexibility index (Phi) is 10.7. The zero-order valence-corrected chi connectivity index (χ0v) is 24.1. The summed E-state index contributed by atoms with van der Waals surface area (Å²) in [7, 11) is -3.54. The molecule has 0 saturated heterocycles. The van der Waals surface area contributed by atoms with Crippen LogP contribution in [0.2, 0.25) is 0 Å². The summed E-state index contributed by atoms with van der Waals surface area (Å²) < 4.78 is 26.6. The molecule has 0 heterocycles. The number of hydrogen-bond donors (Lipinski definition) is 1. The van der Waals surface area contributed by atoms with Crippen LogP contribution in [0.5, 0.6) is 0 Å². The number of carbonyl (C=O) groups excluding carboxylic acids is 2. The number of aryl methyl sites for hydroxylation is 2. The molecule has 0 saturated carbocycles. The number of carbonyl (C=O) groups is 2. The number of para-hydroxylation sites is 1. The SMILES string of the molecule is CCNC(=O)[C@H](Cc1ccccc1)N(Cc1ccc(C)cc1)C(=O)CCCN(c1ccccc1C)S(C)(=O)=O. The molecule has 0 spiro atoms. The Balaban J connectivity index is 1.86. The number of benzene rings is 3. The van der Waals surface area contributed by atoms with Crippen molar-refractivity contribution in [2.75, 3.05) is 23.7 Å². The van der Waals surface area contributed by atoms with Crippen LogP contribution in [0.3, 0.4) is 0 Å². The van der Waals surface area contributed by atoms with E-state index in [-0.39, 0.29) is 31.3 Å². The number of nitrogens with zero attached hydrogens (tertiary/aromatic N) is 2. The summed E-state index contributed by atoms with van der Waals surface area (Å²) in [4.78, 5) is 28.7. The minimum atomic E-state index is -3.54. The highest BCUT2D eigenvalue weighted by Gasteiger charge is 2.30. The average molecular weight is 550 g/mol. The molecule has 3 rings (SSSR count). The monoisotopic (exact) mass is 549 g/mol. The lowest BCUT2D eigenvalue weighted by Gasteiger charge is -2.32. The van der Waals surface area contributed by atoms with Crippen LogP contribution >= 0.6 is 0 Å². The predicted molar refractivity (Wildman–Crippen MR) is 157 cm³/mol. The van der Waals surface area contributed by atoms with Gasteiger partial charge >= 0.3 is 0 Å². The first-order chi connectivity index (χ1) is 18.6. The van der Waals surface area contributed by atoms with Gasteiger partial charge in [-0.15, -0.1) is 0 Å². The maximum atomic E-state index is 13.8. The van der Waals surface area contributed by atoms with Gasteiger partial charge in [-0.2, -0.15) is 0 Å². The molecule has 0 aliphatic carbocycles. The van der Waals surface area contributed by atoms with Crippen LogP contribution in [0.25, 0.3) is 0 Å². The van der Waals surface area contributed by atoms with Gasteiger partial charge in [0.2, 0.25) is 21.8 Å². The normalized spacial score (nSPS) is 12.0. The fourth-order valence-electron chi connectivity index (χ4n) is 4.56. The number of sulfonamides is 1. The Bertz CT molecular complexity index is 1340. The third-order valence-electron chi connectivity index (χ3n) is 6.63. The summed E-state index contributed by atoms with van der Waals surface area (Å²) >= 11 is 0. The van der Waals surface area contributed by atoms with Crippen molar-refractivity contribution in [3.8, 4) is 0 Å². The van der Waals surface area contributed by atoms with E-state index in [0.717, 1.165) is 22.3 Å². The highest BCUT2D eigenvalue weighted by molar-refractivity contribution is 7.92. The van der Waals surface area contributed by atoms with E-state index in [1.54, 1.807) is 17.0 Å². The molecule has 208 valence electrons. The summed E-state index contributed by atoms with van der Waals surface area (Å²) in [5.74, 6) is -0.402. The Labute approximate surface area is 232 Å². The van der Waals surface area contributed by atoms with Gasteiger partial charge in [0.25, 0.3) is 0 Å². The highest BCUT2D eigenvalue weighted by atomic mass is 32.2. The maximum absolute atomic E-state index is 13.8. The molecule has 2 amide bonds. The van der Waals surface area contributed by atoms with Gasteiger partial charge in [-0.1, -0.05) is 78.4 Å². The first-order valence-corrected chi connectivity index (χ1v) is 15.1. The second kappa shape index (κ2) is 13.9. The second-order valence-corrected chi connectivity index (χ2v) is 11.7. The quantitative estimate of drug-likeness (QED) is 0.337. The molecule has 0 unspecified atom stereocenters. The van der Waals surface area contributed by atoms with E-state index < -0.39 is 16.1 Å². The Morgan fingerprint density at radius 1 is 0.872 bits per heavy atom. The Morgan fingerprint density at radius 3 is 2.13 bits per heavy atom. The van der Waals surface area contributed by atoms with Crippen LogP contribution < -0.4 is 9.62 Å². The van der Waals surface area contributed by atoms with Crippen molar-refractivity contribution in [3.63, 3.8) is 0 Å². The van der Waals surface area contributed by atoms with E-state index in [0.29, 0.717) is 25.1 Å². The lowest BCUT2D eigenvalue weighted by Crippen LogP contribution is -2.50. The third-order valence-corrected chi connectivity index (χ3v) is 7.81. The van der Waals surface area contributed by atoms with E-state index in [1.807, 2.05) is 87.5 Å². The molecule has 8 heteroatoms. The number of hydrogen-bond acceptors (Lipinski definition) is 4. The minimum Gasteiger partial charge on any atom is -0.355 e. The maximum Gasteiger partial charge on any atom is 0.243 e. The van der Waals surface area contributed by atoms with Crippen LogP contribution in [0.4, 0.5) is 5.69 Å². The Hall–Kier alpha value is -3.65. The van der Waals surface area contributed by atoms with Gasteiger partial charge in [0.15, 0.2) is 0 Å². The molecule has 0 fully saturated rings. The van der Waals surface area contributed by atoms with E-state index in [4.69, 9.17) is 0 Å². The summed E-state index contributed by atoms with van der Waals surface area (Å²) in [5, 5.41) is 2.90. The van der Waals surface area contributed by atoms with Gasteiger partial charge in [-0.25, -0.2) is 8.42 Å². The van der Waals surface area contributed by atoms with Crippen molar-refractivity contribution >= 4 is 27.5 Å².